The zero-order valence-electron chi connectivity index (χ0n) is 9.62. The molecule has 0 aromatic carbocycles. The highest BCUT2D eigenvalue weighted by Gasteiger charge is 1.99. The number of carbonyl (C=O) groups is 2. The molecule has 0 unspecified atom stereocenters. The van der Waals surface area contributed by atoms with Crippen LogP contribution in [0.3, 0.4) is 0 Å². The molecule has 0 fully saturated rings. The molecule has 4 nitrogen and oxygen atoms in total. The van der Waals surface area contributed by atoms with Crippen LogP contribution >= 0.6 is 0 Å². The normalized spacial score (nSPS) is 8.47. The lowest BCUT2D eigenvalue weighted by Gasteiger charge is -1.92. The Balaban J connectivity index is 0. The molecule has 0 saturated heterocycles. The standard InChI is InChI=1S/C6H10O4.C5H10/c7-5(8)3-1-2-4-6(9)10;1-4-5(2)3/h1-4H2,(H,7,8)(H,9,10);4H,1-3H3. The van der Waals surface area contributed by atoms with E-state index in [1.54, 1.807) is 0 Å². The number of hydrogen-bond acceptors (Lipinski definition) is 2. The van der Waals surface area contributed by atoms with Gasteiger partial charge in [-0.2, -0.15) is 0 Å². The molecule has 0 rings (SSSR count). The average Bonchev–Trinajstić information content (AvgIpc) is 2.13. The SMILES string of the molecule is CC=C(C)C.O=C(O)CCCCC(=O)O. The maximum Gasteiger partial charge on any atom is 0.303 e. The number of carboxylic acid groups (broad SMARTS) is 2. The summed E-state index contributed by atoms with van der Waals surface area (Å²) in [6.45, 7) is 6.20. The fourth-order valence-electron chi connectivity index (χ4n) is 0.552. The number of rotatable bonds is 5. The van der Waals surface area contributed by atoms with Gasteiger partial charge in [0.25, 0.3) is 0 Å². The first kappa shape index (κ1) is 16.1. The van der Waals surface area contributed by atoms with Gasteiger partial charge in [0.1, 0.15) is 0 Å². The first-order valence-electron chi connectivity index (χ1n) is 4.93. The van der Waals surface area contributed by atoms with Crippen LogP contribution in [0.5, 0.6) is 0 Å². The Kier molecular flexibility index (Phi) is 11.6. The van der Waals surface area contributed by atoms with Gasteiger partial charge in [0, 0.05) is 12.8 Å². The lowest BCUT2D eigenvalue weighted by Crippen LogP contribution is -1.97. The van der Waals surface area contributed by atoms with Crippen LogP contribution in [-0.4, -0.2) is 22.2 Å². The molecule has 4 heteroatoms. The molecular weight excluding hydrogens is 196 g/mol. The van der Waals surface area contributed by atoms with Crippen LogP contribution in [0, 0.1) is 0 Å². The van der Waals surface area contributed by atoms with Crippen molar-refractivity contribution >= 4 is 11.9 Å². The van der Waals surface area contributed by atoms with Gasteiger partial charge in [-0.15, -0.1) is 0 Å². The van der Waals surface area contributed by atoms with E-state index in [0.29, 0.717) is 12.8 Å². The molecule has 88 valence electrons. The van der Waals surface area contributed by atoms with Crippen molar-refractivity contribution in [1.29, 1.82) is 0 Å². The van der Waals surface area contributed by atoms with Crippen molar-refractivity contribution in [2.45, 2.75) is 46.5 Å². The van der Waals surface area contributed by atoms with Crippen LogP contribution in [0.15, 0.2) is 11.6 Å². The molecule has 15 heavy (non-hydrogen) atoms. The van der Waals surface area contributed by atoms with Gasteiger partial charge < -0.3 is 10.2 Å². The van der Waals surface area contributed by atoms with Crippen LogP contribution in [0.25, 0.3) is 0 Å². The molecule has 0 amide bonds. The van der Waals surface area contributed by atoms with E-state index in [9.17, 15) is 9.59 Å². The van der Waals surface area contributed by atoms with Crippen molar-refractivity contribution < 1.29 is 19.8 Å². The minimum atomic E-state index is -0.870. The Bertz CT molecular complexity index is 199. The zero-order valence-corrected chi connectivity index (χ0v) is 9.62. The number of aliphatic carboxylic acids is 2. The number of hydrogen-bond donors (Lipinski definition) is 2. The molecule has 0 aromatic rings. The third kappa shape index (κ3) is 24.5. The summed E-state index contributed by atoms with van der Waals surface area (Å²) in [5.74, 6) is -1.74. The molecule has 0 aliphatic heterocycles. The molecule has 0 heterocycles. The average molecular weight is 216 g/mol. The summed E-state index contributed by atoms with van der Waals surface area (Å²) in [6, 6.07) is 0. The van der Waals surface area contributed by atoms with E-state index in [-0.39, 0.29) is 12.8 Å². The number of unbranched alkanes of at least 4 members (excludes halogenated alkanes) is 1. The summed E-state index contributed by atoms with van der Waals surface area (Å²) < 4.78 is 0. The summed E-state index contributed by atoms with van der Waals surface area (Å²) in [7, 11) is 0. The molecule has 0 spiro atoms. The minimum Gasteiger partial charge on any atom is -0.481 e. The lowest BCUT2D eigenvalue weighted by molar-refractivity contribution is -0.139. The molecule has 0 saturated carbocycles. The van der Waals surface area contributed by atoms with Crippen LogP contribution in [0.1, 0.15) is 46.5 Å². The highest BCUT2D eigenvalue weighted by molar-refractivity contribution is 5.67. The fourth-order valence-corrected chi connectivity index (χ4v) is 0.552. The van der Waals surface area contributed by atoms with Gasteiger partial charge >= 0.3 is 11.9 Å². The number of carboxylic acids is 2. The topological polar surface area (TPSA) is 74.6 Å². The molecule has 2 N–H and O–H groups in total. The highest BCUT2D eigenvalue weighted by atomic mass is 16.4. The van der Waals surface area contributed by atoms with Crippen LogP contribution in [-0.2, 0) is 9.59 Å². The van der Waals surface area contributed by atoms with Crippen molar-refractivity contribution in [2.75, 3.05) is 0 Å². The van der Waals surface area contributed by atoms with Gasteiger partial charge in [0.15, 0.2) is 0 Å². The van der Waals surface area contributed by atoms with Gasteiger partial charge in [-0.25, -0.2) is 0 Å². The van der Waals surface area contributed by atoms with E-state index in [1.165, 1.54) is 5.57 Å². The maximum absolute atomic E-state index is 9.90. The first-order chi connectivity index (χ1) is 6.90. The molecule has 0 bridgehead atoms. The van der Waals surface area contributed by atoms with Gasteiger partial charge in [-0.05, 0) is 33.6 Å². The first-order valence-corrected chi connectivity index (χ1v) is 4.93. The predicted molar refractivity (Wildman–Crippen MR) is 58.8 cm³/mol. The largest absolute Gasteiger partial charge is 0.481 e. The van der Waals surface area contributed by atoms with E-state index in [0.717, 1.165) is 0 Å². The highest BCUT2D eigenvalue weighted by Crippen LogP contribution is 1.98. The molecule has 0 aromatic heterocycles. The van der Waals surface area contributed by atoms with Gasteiger partial charge in [-0.1, -0.05) is 11.6 Å². The van der Waals surface area contributed by atoms with Crippen LogP contribution in [0.2, 0.25) is 0 Å². The second kappa shape index (κ2) is 10.8. The predicted octanol–water partition coefficient (Wildman–Crippen LogP) is 2.69. The Morgan fingerprint density at radius 2 is 1.27 bits per heavy atom. The molecule has 0 radical (unpaired) electrons. The minimum absolute atomic E-state index is 0.0628. The van der Waals surface area contributed by atoms with Crippen molar-refractivity contribution in [1.82, 2.24) is 0 Å². The van der Waals surface area contributed by atoms with Crippen molar-refractivity contribution in [2.24, 2.45) is 0 Å². The third-order valence-electron chi connectivity index (χ3n) is 1.61. The monoisotopic (exact) mass is 216 g/mol. The lowest BCUT2D eigenvalue weighted by atomic mass is 10.2. The fraction of sp³-hybridized carbons (Fsp3) is 0.636. The van der Waals surface area contributed by atoms with Crippen molar-refractivity contribution in [3.8, 4) is 0 Å². The van der Waals surface area contributed by atoms with Crippen molar-refractivity contribution in [3.63, 3.8) is 0 Å². The van der Waals surface area contributed by atoms with E-state index in [1.807, 2.05) is 6.92 Å². The molecular formula is C11H20O4. The third-order valence-corrected chi connectivity index (χ3v) is 1.61. The van der Waals surface area contributed by atoms with Crippen LogP contribution in [0.4, 0.5) is 0 Å². The van der Waals surface area contributed by atoms with E-state index < -0.39 is 11.9 Å². The quantitative estimate of drug-likeness (QED) is 0.547. The van der Waals surface area contributed by atoms with E-state index >= 15 is 0 Å². The Morgan fingerprint density at radius 1 is 1.00 bits per heavy atom. The molecule has 0 aliphatic carbocycles. The van der Waals surface area contributed by atoms with E-state index in [2.05, 4.69) is 19.9 Å². The van der Waals surface area contributed by atoms with Gasteiger partial charge in [-0.3, -0.25) is 9.59 Å². The summed E-state index contributed by atoms with van der Waals surface area (Å²) in [4.78, 5) is 19.8. The smallest absolute Gasteiger partial charge is 0.303 e. The maximum atomic E-state index is 9.90. The molecule has 0 aliphatic rings. The molecule has 0 atom stereocenters. The summed E-state index contributed by atoms with van der Waals surface area (Å²) in [6.07, 6.45) is 3.10. The summed E-state index contributed by atoms with van der Waals surface area (Å²) in [5.41, 5.74) is 1.38. The summed E-state index contributed by atoms with van der Waals surface area (Å²) >= 11 is 0. The van der Waals surface area contributed by atoms with Gasteiger partial charge in [0.2, 0.25) is 0 Å². The Labute approximate surface area is 90.6 Å². The second-order valence-corrected chi connectivity index (χ2v) is 3.36. The second-order valence-electron chi connectivity index (χ2n) is 3.36. The van der Waals surface area contributed by atoms with Gasteiger partial charge in [0.05, 0.1) is 0 Å². The zero-order chi connectivity index (χ0) is 12.3. The van der Waals surface area contributed by atoms with E-state index in [4.69, 9.17) is 10.2 Å². The Hall–Kier alpha value is -1.32. The summed E-state index contributed by atoms with van der Waals surface area (Å²) in [5, 5.41) is 16.3. The Morgan fingerprint density at radius 3 is 1.40 bits per heavy atom. The van der Waals surface area contributed by atoms with Crippen molar-refractivity contribution in [3.05, 3.63) is 11.6 Å². The number of allylic oxidation sites excluding steroid dienone is 2. The van der Waals surface area contributed by atoms with Crippen LogP contribution < -0.4 is 0 Å².